The molecule has 0 radical (unpaired) electrons. The van der Waals surface area contributed by atoms with Crippen LogP contribution in [0.25, 0.3) is 0 Å². The van der Waals surface area contributed by atoms with Crippen molar-refractivity contribution in [1.29, 1.82) is 5.26 Å². The van der Waals surface area contributed by atoms with Crippen LogP contribution in [0.3, 0.4) is 0 Å². The van der Waals surface area contributed by atoms with Crippen LogP contribution in [-0.4, -0.2) is 20.9 Å². The highest BCUT2D eigenvalue weighted by Crippen LogP contribution is 2.24. The predicted octanol–water partition coefficient (Wildman–Crippen LogP) is 4.05. The van der Waals surface area contributed by atoms with Gasteiger partial charge >= 0.3 is 0 Å². The van der Waals surface area contributed by atoms with E-state index in [1.807, 2.05) is 48.5 Å². The van der Waals surface area contributed by atoms with Crippen LogP contribution >= 0.6 is 11.6 Å². The molecule has 0 saturated carbocycles. The van der Waals surface area contributed by atoms with Crippen molar-refractivity contribution in [2.45, 2.75) is 17.4 Å². The largest absolute Gasteiger partial charge is 0.341 e. The minimum absolute atomic E-state index is 0.0271. The second kappa shape index (κ2) is 10.2. The summed E-state index contributed by atoms with van der Waals surface area (Å²) in [5, 5.41) is 12.1. The van der Waals surface area contributed by atoms with Crippen molar-refractivity contribution in [3.8, 4) is 6.07 Å². The third-order valence-electron chi connectivity index (χ3n) is 4.57. The van der Waals surface area contributed by atoms with Crippen molar-refractivity contribution in [1.82, 2.24) is 10.0 Å². The Morgan fingerprint density at radius 2 is 1.55 bits per heavy atom. The summed E-state index contributed by atoms with van der Waals surface area (Å²) >= 11 is 6.00. The highest BCUT2D eigenvalue weighted by atomic mass is 35.5. The quantitative estimate of drug-likeness (QED) is 0.502. The molecular formula is C23H20ClN3O3S. The van der Waals surface area contributed by atoms with Crippen molar-refractivity contribution in [3.63, 3.8) is 0 Å². The van der Waals surface area contributed by atoms with Crippen LogP contribution in [0.5, 0.6) is 0 Å². The van der Waals surface area contributed by atoms with E-state index in [9.17, 15) is 13.2 Å². The number of nitriles is 1. The summed E-state index contributed by atoms with van der Waals surface area (Å²) in [6.07, 6.45) is 0.0747. The average Bonchev–Trinajstić information content (AvgIpc) is 2.79. The zero-order chi connectivity index (χ0) is 22.3. The molecule has 1 unspecified atom stereocenters. The minimum atomic E-state index is -3.73. The molecule has 0 aliphatic carbocycles. The van der Waals surface area contributed by atoms with Gasteiger partial charge < -0.3 is 5.32 Å². The maximum Gasteiger partial charge on any atom is 0.252 e. The molecule has 0 fully saturated rings. The van der Waals surface area contributed by atoms with E-state index >= 15 is 0 Å². The van der Waals surface area contributed by atoms with E-state index in [0.29, 0.717) is 10.6 Å². The number of sulfonamides is 1. The molecule has 3 aromatic carbocycles. The van der Waals surface area contributed by atoms with Gasteiger partial charge in [-0.2, -0.15) is 5.26 Å². The second-order valence-electron chi connectivity index (χ2n) is 6.70. The SMILES string of the molecule is N#CCCNS(=O)(=O)c1ccc(C(=O)NC(c2ccccc2)c2ccc(Cl)cc2)cc1. The lowest BCUT2D eigenvalue weighted by Crippen LogP contribution is -2.29. The molecule has 31 heavy (non-hydrogen) atoms. The minimum Gasteiger partial charge on any atom is -0.341 e. The van der Waals surface area contributed by atoms with E-state index in [2.05, 4.69) is 10.0 Å². The molecule has 3 aromatic rings. The first-order chi connectivity index (χ1) is 14.9. The van der Waals surface area contributed by atoms with Crippen molar-refractivity contribution in [2.24, 2.45) is 0 Å². The van der Waals surface area contributed by atoms with Gasteiger partial charge in [0.25, 0.3) is 5.91 Å². The third-order valence-corrected chi connectivity index (χ3v) is 6.30. The lowest BCUT2D eigenvalue weighted by Gasteiger charge is -2.20. The molecule has 6 nitrogen and oxygen atoms in total. The van der Waals surface area contributed by atoms with Gasteiger partial charge in [-0.25, -0.2) is 13.1 Å². The standard InChI is InChI=1S/C23H20ClN3O3S/c24-20-11-7-18(8-12-20)22(17-5-2-1-3-6-17)27-23(28)19-9-13-21(14-10-19)31(29,30)26-16-4-15-25/h1-3,5-14,22,26H,4,16H2,(H,27,28). The normalized spacial score (nSPS) is 12.0. The number of halogens is 1. The molecule has 1 atom stereocenters. The van der Waals surface area contributed by atoms with Crippen LogP contribution in [0.15, 0.2) is 83.8 Å². The zero-order valence-corrected chi connectivity index (χ0v) is 18.0. The predicted molar refractivity (Wildman–Crippen MR) is 119 cm³/mol. The Morgan fingerprint density at radius 3 is 2.16 bits per heavy atom. The Kier molecular flexibility index (Phi) is 7.42. The average molecular weight is 454 g/mol. The monoisotopic (exact) mass is 453 g/mol. The van der Waals surface area contributed by atoms with Gasteiger partial charge in [0.1, 0.15) is 0 Å². The fraction of sp³-hybridized carbons (Fsp3) is 0.130. The van der Waals surface area contributed by atoms with Gasteiger partial charge in [-0.1, -0.05) is 54.1 Å². The number of carbonyl (C=O) groups is 1. The van der Waals surface area contributed by atoms with Gasteiger partial charge in [-0.3, -0.25) is 4.79 Å². The smallest absolute Gasteiger partial charge is 0.252 e. The molecule has 0 aliphatic heterocycles. The molecule has 0 bridgehead atoms. The van der Waals surface area contributed by atoms with Crippen LogP contribution in [0, 0.1) is 11.3 Å². The molecule has 1 amide bonds. The first-order valence-electron chi connectivity index (χ1n) is 9.48. The summed E-state index contributed by atoms with van der Waals surface area (Å²) < 4.78 is 26.8. The number of nitrogens with one attached hydrogen (secondary N) is 2. The van der Waals surface area contributed by atoms with Gasteiger partial charge in [0, 0.05) is 23.6 Å². The second-order valence-corrected chi connectivity index (χ2v) is 8.90. The van der Waals surface area contributed by atoms with Gasteiger partial charge in [0.05, 0.1) is 17.0 Å². The number of nitrogens with zero attached hydrogens (tertiary/aromatic N) is 1. The highest BCUT2D eigenvalue weighted by Gasteiger charge is 2.19. The van der Waals surface area contributed by atoms with Gasteiger partial charge in [-0.15, -0.1) is 0 Å². The summed E-state index contributed by atoms with van der Waals surface area (Å²) in [6.45, 7) is 0.0287. The van der Waals surface area contributed by atoms with E-state index in [4.69, 9.17) is 16.9 Å². The fourth-order valence-corrected chi connectivity index (χ4v) is 4.14. The van der Waals surface area contributed by atoms with E-state index in [1.54, 1.807) is 12.1 Å². The molecule has 158 valence electrons. The molecule has 0 spiro atoms. The molecule has 0 saturated heterocycles. The van der Waals surface area contributed by atoms with E-state index in [0.717, 1.165) is 11.1 Å². The summed E-state index contributed by atoms with van der Waals surface area (Å²) in [6, 6.07) is 23.9. The molecular weight excluding hydrogens is 434 g/mol. The number of hydrogen-bond acceptors (Lipinski definition) is 4. The Bertz CT molecular complexity index is 1170. The van der Waals surface area contributed by atoms with Crippen LogP contribution in [0.1, 0.15) is 33.9 Å². The lowest BCUT2D eigenvalue weighted by atomic mass is 9.98. The first kappa shape index (κ1) is 22.5. The molecule has 2 N–H and O–H groups in total. The summed E-state index contributed by atoms with van der Waals surface area (Å²) in [5.74, 6) is -0.342. The van der Waals surface area contributed by atoms with Crippen molar-refractivity contribution >= 4 is 27.5 Å². The van der Waals surface area contributed by atoms with Crippen LogP contribution in [-0.2, 0) is 10.0 Å². The third kappa shape index (κ3) is 5.92. The van der Waals surface area contributed by atoms with Crippen molar-refractivity contribution in [3.05, 3.63) is 101 Å². The molecule has 0 aromatic heterocycles. The molecule has 3 rings (SSSR count). The maximum atomic E-state index is 12.9. The first-order valence-corrected chi connectivity index (χ1v) is 11.3. The van der Waals surface area contributed by atoms with Crippen molar-refractivity contribution < 1.29 is 13.2 Å². The number of rotatable bonds is 8. The van der Waals surface area contributed by atoms with E-state index in [1.165, 1.54) is 24.3 Å². The maximum absolute atomic E-state index is 12.9. The summed E-state index contributed by atoms with van der Waals surface area (Å²) in [7, 11) is -3.73. The van der Waals surface area contributed by atoms with Gasteiger partial charge in [0.15, 0.2) is 0 Å². The van der Waals surface area contributed by atoms with Crippen LogP contribution < -0.4 is 10.0 Å². The lowest BCUT2D eigenvalue weighted by molar-refractivity contribution is 0.0943. The fourth-order valence-electron chi connectivity index (χ4n) is 2.98. The molecule has 0 aliphatic rings. The molecule has 8 heteroatoms. The van der Waals surface area contributed by atoms with Crippen molar-refractivity contribution in [2.75, 3.05) is 6.54 Å². The zero-order valence-electron chi connectivity index (χ0n) is 16.5. The highest BCUT2D eigenvalue weighted by molar-refractivity contribution is 7.89. The Morgan fingerprint density at radius 1 is 0.935 bits per heavy atom. The number of hydrogen-bond donors (Lipinski definition) is 2. The number of carbonyl (C=O) groups excluding carboxylic acids is 1. The Labute approximate surface area is 186 Å². The Balaban J connectivity index is 1.80. The Hall–Kier alpha value is -3.18. The van der Waals surface area contributed by atoms with Gasteiger partial charge in [-0.05, 0) is 47.5 Å². The van der Waals surface area contributed by atoms with Crippen LogP contribution in [0.4, 0.5) is 0 Å². The topological polar surface area (TPSA) is 99.1 Å². The molecule has 0 heterocycles. The number of amides is 1. The van der Waals surface area contributed by atoms with Crippen LogP contribution in [0.2, 0.25) is 5.02 Å². The van der Waals surface area contributed by atoms with E-state index < -0.39 is 16.1 Å². The summed E-state index contributed by atoms with van der Waals surface area (Å²) in [5.41, 5.74) is 2.09. The summed E-state index contributed by atoms with van der Waals surface area (Å²) in [4.78, 5) is 12.9. The van der Waals surface area contributed by atoms with Gasteiger partial charge in [0.2, 0.25) is 10.0 Å². The van der Waals surface area contributed by atoms with E-state index in [-0.39, 0.29) is 23.8 Å². The number of benzene rings is 3.